The summed E-state index contributed by atoms with van der Waals surface area (Å²) < 4.78 is 0.619. The Hall–Kier alpha value is -0.940. The number of nitro groups is 1. The second-order valence-electron chi connectivity index (χ2n) is 6.30. The zero-order valence-corrected chi connectivity index (χ0v) is 13.6. The fourth-order valence-corrected chi connectivity index (χ4v) is 3.24. The third-order valence-corrected chi connectivity index (χ3v) is 5.00. The average molecular weight is 341 g/mol. The van der Waals surface area contributed by atoms with Gasteiger partial charge in [-0.25, -0.2) is 0 Å². The van der Waals surface area contributed by atoms with Gasteiger partial charge in [-0.1, -0.05) is 26.0 Å². The first-order valence-corrected chi connectivity index (χ1v) is 7.82. The summed E-state index contributed by atoms with van der Waals surface area (Å²) in [6.45, 7) is 7.54. The summed E-state index contributed by atoms with van der Waals surface area (Å²) in [5, 5.41) is 11.0. The Balaban J connectivity index is 2.10. The lowest BCUT2D eigenvalue weighted by Gasteiger charge is -2.23. The molecule has 1 saturated heterocycles. The van der Waals surface area contributed by atoms with Gasteiger partial charge in [-0.15, -0.1) is 0 Å². The number of hydrogen-bond donors (Lipinski definition) is 0. The summed E-state index contributed by atoms with van der Waals surface area (Å²) in [5.41, 5.74) is 1.56. The van der Waals surface area contributed by atoms with E-state index in [1.807, 2.05) is 6.07 Å². The lowest BCUT2D eigenvalue weighted by Crippen LogP contribution is -2.25. The summed E-state index contributed by atoms with van der Waals surface area (Å²) in [5.74, 6) is 0. The van der Waals surface area contributed by atoms with E-state index in [0.29, 0.717) is 9.89 Å². The zero-order valence-electron chi connectivity index (χ0n) is 12.1. The van der Waals surface area contributed by atoms with E-state index in [1.54, 1.807) is 12.1 Å². The van der Waals surface area contributed by atoms with Crippen molar-refractivity contribution in [2.45, 2.75) is 39.7 Å². The normalized spacial score (nSPS) is 19.6. The highest BCUT2D eigenvalue weighted by Crippen LogP contribution is 2.32. The van der Waals surface area contributed by atoms with Gasteiger partial charge in [-0.05, 0) is 59.3 Å². The second-order valence-corrected chi connectivity index (χ2v) is 7.09. The summed E-state index contributed by atoms with van der Waals surface area (Å²) in [4.78, 5) is 13.0. The molecule has 1 aliphatic heterocycles. The molecule has 1 aromatic carbocycles. The molecule has 0 radical (unpaired) electrons. The van der Waals surface area contributed by atoms with E-state index in [4.69, 9.17) is 0 Å². The molecule has 1 fully saturated rings. The third-order valence-electron chi connectivity index (χ3n) is 4.08. The van der Waals surface area contributed by atoms with Crippen molar-refractivity contribution in [2.24, 2.45) is 5.41 Å². The first-order valence-electron chi connectivity index (χ1n) is 7.03. The van der Waals surface area contributed by atoms with E-state index < -0.39 is 0 Å². The van der Waals surface area contributed by atoms with Crippen LogP contribution in [-0.2, 0) is 6.54 Å². The van der Waals surface area contributed by atoms with Gasteiger partial charge in [0, 0.05) is 12.6 Å². The van der Waals surface area contributed by atoms with Crippen molar-refractivity contribution in [1.82, 2.24) is 4.90 Å². The lowest BCUT2D eigenvalue weighted by atomic mass is 9.85. The van der Waals surface area contributed by atoms with Gasteiger partial charge in [-0.3, -0.25) is 15.0 Å². The monoisotopic (exact) mass is 340 g/mol. The molecule has 0 bridgehead atoms. The van der Waals surface area contributed by atoms with Gasteiger partial charge in [0.15, 0.2) is 0 Å². The molecular weight excluding hydrogens is 320 g/mol. The van der Waals surface area contributed by atoms with Gasteiger partial charge in [0.25, 0.3) is 5.69 Å². The van der Waals surface area contributed by atoms with E-state index in [0.717, 1.165) is 25.2 Å². The smallest absolute Gasteiger partial charge is 0.283 e. The summed E-state index contributed by atoms with van der Waals surface area (Å²) in [7, 11) is 0. The number of hydrogen-bond acceptors (Lipinski definition) is 3. The number of nitro benzene ring substituents is 1. The molecule has 0 atom stereocenters. The quantitative estimate of drug-likeness (QED) is 0.606. The van der Waals surface area contributed by atoms with E-state index in [2.05, 4.69) is 34.7 Å². The van der Waals surface area contributed by atoms with Crippen molar-refractivity contribution in [1.29, 1.82) is 0 Å². The van der Waals surface area contributed by atoms with Crippen LogP contribution in [0.5, 0.6) is 0 Å². The number of halogens is 1. The molecule has 110 valence electrons. The van der Waals surface area contributed by atoms with Crippen molar-refractivity contribution < 1.29 is 4.92 Å². The van der Waals surface area contributed by atoms with Gasteiger partial charge in [0.2, 0.25) is 0 Å². The van der Waals surface area contributed by atoms with Crippen LogP contribution in [0.3, 0.4) is 0 Å². The van der Waals surface area contributed by atoms with E-state index >= 15 is 0 Å². The van der Waals surface area contributed by atoms with E-state index in [9.17, 15) is 10.1 Å². The van der Waals surface area contributed by atoms with Crippen molar-refractivity contribution in [3.63, 3.8) is 0 Å². The number of likely N-dealkylation sites (tertiary alicyclic amines) is 1. The number of benzene rings is 1. The molecule has 0 spiro atoms. The van der Waals surface area contributed by atoms with Crippen molar-refractivity contribution in [3.8, 4) is 0 Å². The predicted molar refractivity (Wildman–Crippen MR) is 83.7 cm³/mol. The average Bonchev–Trinajstić information content (AvgIpc) is 2.53. The first-order chi connectivity index (χ1) is 9.39. The Morgan fingerprint density at radius 3 is 2.80 bits per heavy atom. The summed E-state index contributed by atoms with van der Waals surface area (Å²) >= 11 is 3.38. The van der Waals surface area contributed by atoms with Gasteiger partial charge in [-0.2, -0.15) is 0 Å². The van der Waals surface area contributed by atoms with E-state index in [1.165, 1.54) is 19.3 Å². The molecular formula is C15H21BrN2O2. The minimum Gasteiger partial charge on any atom is -0.299 e. The first kappa shape index (κ1) is 15.4. The Labute approximate surface area is 128 Å². The fourth-order valence-electron chi connectivity index (χ4n) is 2.71. The zero-order chi connectivity index (χ0) is 14.8. The number of nitrogens with zero attached hydrogens (tertiary/aromatic N) is 2. The minimum absolute atomic E-state index is 0.151. The standard InChI is InChI=1S/C15H21BrN2O2/c1-15(2)7-4-9-17(10-8-15)11-12-5-3-6-13(14(12)16)18(19)20/h3,5-6H,4,7-11H2,1-2H3. The van der Waals surface area contributed by atoms with Crippen LogP contribution in [0, 0.1) is 15.5 Å². The molecule has 0 unspecified atom stereocenters. The Kier molecular flexibility index (Phi) is 4.81. The minimum atomic E-state index is -0.334. The van der Waals surface area contributed by atoms with Crippen molar-refractivity contribution in [2.75, 3.05) is 13.1 Å². The molecule has 5 heteroatoms. The van der Waals surface area contributed by atoms with Crippen LogP contribution >= 0.6 is 15.9 Å². The highest BCUT2D eigenvalue weighted by molar-refractivity contribution is 9.10. The maximum absolute atomic E-state index is 11.0. The Morgan fingerprint density at radius 2 is 2.10 bits per heavy atom. The third kappa shape index (κ3) is 3.79. The summed E-state index contributed by atoms with van der Waals surface area (Å²) in [6.07, 6.45) is 3.62. The Bertz CT molecular complexity index is 503. The Morgan fingerprint density at radius 1 is 1.35 bits per heavy atom. The molecule has 0 N–H and O–H groups in total. The van der Waals surface area contributed by atoms with Crippen LogP contribution < -0.4 is 0 Å². The largest absolute Gasteiger partial charge is 0.299 e. The highest BCUT2D eigenvalue weighted by atomic mass is 79.9. The topological polar surface area (TPSA) is 46.4 Å². The predicted octanol–water partition coefficient (Wildman–Crippen LogP) is 4.37. The van der Waals surface area contributed by atoms with Crippen LogP contribution in [0.2, 0.25) is 0 Å². The van der Waals surface area contributed by atoms with Crippen LogP contribution in [0.1, 0.15) is 38.7 Å². The SMILES string of the molecule is CC1(C)CCCN(Cc2cccc([N+](=O)[O-])c2Br)CC1. The van der Waals surface area contributed by atoms with Crippen molar-refractivity contribution in [3.05, 3.63) is 38.3 Å². The molecule has 1 heterocycles. The van der Waals surface area contributed by atoms with Crippen LogP contribution in [0.4, 0.5) is 5.69 Å². The van der Waals surface area contributed by atoms with Gasteiger partial charge < -0.3 is 0 Å². The van der Waals surface area contributed by atoms with Crippen LogP contribution in [0.25, 0.3) is 0 Å². The molecule has 1 aliphatic rings. The van der Waals surface area contributed by atoms with Crippen molar-refractivity contribution >= 4 is 21.6 Å². The maximum atomic E-state index is 11.0. The van der Waals surface area contributed by atoms with E-state index in [-0.39, 0.29) is 10.6 Å². The molecule has 0 aromatic heterocycles. The molecule has 1 aromatic rings. The summed E-state index contributed by atoms with van der Waals surface area (Å²) in [6, 6.07) is 5.27. The highest BCUT2D eigenvalue weighted by Gasteiger charge is 2.24. The molecule has 0 aliphatic carbocycles. The van der Waals surface area contributed by atoms with Crippen LogP contribution in [-0.4, -0.2) is 22.9 Å². The fraction of sp³-hybridized carbons (Fsp3) is 0.600. The van der Waals surface area contributed by atoms with Gasteiger partial charge in [0.1, 0.15) is 0 Å². The molecule has 2 rings (SSSR count). The maximum Gasteiger partial charge on any atom is 0.283 e. The molecule has 4 nitrogen and oxygen atoms in total. The van der Waals surface area contributed by atoms with Crippen LogP contribution in [0.15, 0.2) is 22.7 Å². The van der Waals surface area contributed by atoms with Gasteiger partial charge >= 0.3 is 0 Å². The molecule has 0 amide bonds. The van der Waals surface area contributed by atoms with Gasteiger partial charge in [0.05, 0.1) is 9.40 Å². The lowest BCUT2D eigenvalue weighted by molar-refractivity contribution is -0.385. The molecule has 20 heavy (non-hydrogen) atoms. The molecule has 0 saturated carbocycles. The second kappa shape index (κ2) is 6.22. The number of rotatable bonds is 3.